The van der Waals surface area contributed by atoms with Crippen LogP contribution < -0.4 is 10.2 Å². The second-order valence-electron chi connectivity index (χ2n) is 6.20. The van der Waals surface area contributed by atoms with Gasteiger partial charge in [-0.2, -0.15) is 13.2 Å². The number of nitrogens with zero attached hydrogens (tertiary/aromatic N) is 1. The smallest absolute Gasteiger partial charge is 0.344 e. The number of anilines is 3. The quantitative estimate of drug-likeness (QED) is 0.539. The Morgan fingerprint density at radius 1 is 0.931 bits per heavy atom. The molecule has 0 saturated heterocycles. The summed E-state index contributed by atoms with van der Waals surface area (Å²) in [5.41, 5.74) is -0.731. The highest BCUT2D eigenvalue weighted by atomic mass is 19.4. The van der Waals surface area contributed by atoms with Gasteiger partial charge in [-0.25, -0.2) is 8.78 Å². The first kappa shape index (κ1) is 20.3. The van der Waals surface area contributed by atoms with Crippen LogP contribution in [0.4, 0.5) is 39.0 Å². The van der Waals surface area contributed by atoms with Gasteiger partial charge in [-0.15, -0.1) is 0 Å². The lowest BCUT2D eigenvalue weighted by molar-refractivity contribution is -0.137. The molecular weight excluding hydrogens is 391 g/mol. The van der Waals surface area contributed by atoms with Gasteiger partial charge in [0.05, 0.1) is 16.8 Å². The molecule has 3 aromatic rings. The Hall–Kier alpha value is -3.42. The number of hydrogen-bond donors (Lipinski definition) is 1. The summed E-state index contributed by atoms with van der Waals surface area (Å²) in [6, 6.07) is 13.8. The molecule has 3 aromatic carbocycles. The number of hydrogen-bond acceptors (Lipinski definition) is 2. The van der Waals surface area contributed by atoms with Crippen LogP contribution in [0, 0.1) is 11.6 Å². The Balaban J connectivity index is 1.82. The average Bonchev–Trinajstić information content (AvgIpc) is 2.67. The van der Waals surface area contributed by atoms with Gasteiger partial charge in [-0.3, -0.25) is 4.79 Å². The van der Waals surface area contributed by atoms with Gasteiger partial charge in [-0.05, 0) is 54.6 Å². The molecule has 0 aliphatic carbocycles. The maximum atomic E-state index is 13.7. The summed E-state index contributed by atoms with van der Waals surface area (Å²) in [5.74, 6) is -2.31. The second kappa shape index (κ2) is 7.90. The number of alkyl halides is 3. The van der Waals surface area contributed by atoms with Gasteiger partial charge in [0.15, 0.2) is 0 Å². The largest absolute Gasteiger partial charge is 0.418 e. The molecule has 8 heteroatoms. The molecular formula is C21H15F5N2O. The molecule has 0 aliphatic rings. The fraction of sp³-hybridized carbons (Fsp3) is 0.0952. The Morgan fingerprint density at radius 2 is 1.59 bits per heavy atom. The van der Waals surface area contributed by atoms with E-state index in [9.17, 15) is 26.7 Å². The third kappa shape index (κ3) is 4.53. The number of amides is 1. The zero-order chi connectivity index (χ0) is 21.2. The van der Waals surface area contributed by atoms with Gasteiger partial charge in [-0.1, -0.05) is 12.1 Å². The minimum atomic E-state index is -4.72. The van der Waals surface area contributed by atoms with Crippen molar-refractivity contribution in [3.63, 3.8) is 0 Å². The summed E-state index contributed by atoms with van der Waals surface area (Å²) in [4.78, 5) is 13.4. The maximum Gasteiger partial charge on any atom is 0.418 e. The zero-order valence-corrected chi connectivity index (χ0v) is 15.1. The van der Waals surface area contributed by atoms with E-state index in [4.69, 9.17) is 0 Å². The van der Waals surface area contributed by atoms with E-state index in [1.807, 2.05) is 0 Å². The monoisotopic (exact) mass is 406 g/mol. The van der Waals surface area contributed by atoms with Gasteiger partial charge < -0.3 is 10.2 Å². The minimum Gasteiger partial charge on any atom is -0.344 e. The maximum absolute atomic E-state index is 13.7. The van der Waals surface area contributed by atoms with Gasteiger partial charge in [0.25, 0.3) is 5.91 Å². The molecule has 29 heavy (non-hydrogen) atoms. The van der Waals surface area contributed by atoms with Gasteiger partial charge >= 0.3 is 6.18 Å². The van der Waals surface area contributed by atoms with E-state index in [0.29, 0.717) is 17.4 Å². The second-order valence-corrected chi connectivity index (χ2v) is 6.20. The fourth-order valence-electron chi connectivity index (χ4n) is 2.78. The molecule has 0 saturated carbocycles. The van der Waals surface area contributed by atoms with Crippen LogP contribution in [0.5, 0.6) is 0 Å². The predicted octanol–water partition coefficient (Wildman–Crippen LogP) is 6.00. The van der Waals surface area contributed by atoms with Crippen LogP contribution in [-0.4, -0.2) is 13.0 Å². The topological polar surface area (TPSA) is 32.3 Å². The van der Waals surface area contributed by atoms with Gasteiger partial charge in [0.1, 0.15) is 11.6 Å². The molecule has 1 N–H and O–H groups in total. The van der Waals surface area contributed by atoms with Crippen LogP contribution in [0.3, 0.4) is 0 Å². The Bertz CT molecular complexity index is 1030. The number of carbonyl (C=O) groups excluding carboxylic acids is 1. The van der Waals surface area contributed by atoms with Crippen LogP contribution >= 0.6 is 0 Å². The van der Waals surface area contributed by atoms with Crippen molar-refractivity contribution in [1.82, 2.24) is 0 Å². The molecule has 1 amide bonds. The van der Waals surface area contributed by atoms with Crippen molar-refractivity contribution in [2.75, 3.05) is 17.3 Å². The van der Waals surface area contributed by atoms with E-state index in [2.05, 4.69) is 5.32 Å². The predicted molar refractivity (Wildman–Crippen MR) is 100 cm³/mol. The first-order valence-electron chi connectivity index (χ1n) is 8.43. The zero-order valence-electron chi connectivity index (χ0n) is 15.1. The molecule has 150 valence electrons. The van der Waals surface area contributed by atoms with Gasteiger partial charge in [0, 0.05) is 18.4 Å². The molecule has 0 spiro atoms. The average molecular weight is 406 g/mol. The molecule has 0 fully saturated rings. The lowest BCUT2D eigenvalue weighted by Gasteiger charge is -2.24. The Labute approximate surface area is 163 Å². The van der Waals surface area contributed by atoms with E-state index in [1.54, 1.807) is 0 Å². The molecule has 0 bridgehead atoms. The van der Waals surface area contributed by atoms with Gasteiger partial charge in [0.2, 0.25) is 0 Å². The molecule has 3 rings (SSSR count). The highest BCUT2D eigenvalue weighted by molar-refractivity contribution is 6.04. The number of benzene rings is 3. The number of nitrogens with one attached hydrogen (secondary N) is 1. The summed E-state index contributed by atoms with van der Waals surface area (Å²) in [6.45, 7) is 0. The fourth-order valence-corrected chi connectivity index (χ4v) is 2.78. The summed E-state index contributed by atoms with van der Waals surface area (Å²) in [5, 5.41) is 2.52. The molecule has 3 nitrogen and oxygen atoms in total. The summed E-state index contributed by atoms with van der Waals surface area (Å²) < 4.78 is 66.7. The number of carbonyl (C=O) groups is 1. The summed E-state index contributed by atoms with van der Waals surface area (Å²) >= 11 is 0. The lowest BCUT2D eigenvalue weighted by Crippen LogP contribution is -2.17. The van der Waals surface area contributed by atoms with E-state index in [-0.39, 0.29) is 11.3 Å². The van der Waals surface area contributed by atoms with Crippen LogP contribution in [0.1, 0.15) is 15.9 Å². The lowest BCUT2D eigenvalue weighted by atomic mass is 10.1. The van der Waals surface area contributed by atoms with Crippen LogP contribution in [-0.2, 0) is 6.18 Å². The highest BCUT2D eigenvalue weighted by Crippen LogP contribution is 2.39. The van der Waals surface area contributed by atoms with E-state index in [0.717, 1.165) is 18.2 Å². The van der Waals surface area contributed by atoms with Crippen LogP contribution in [0.2, 0.25) is 0 Å². The van der Waals surface area contributed by atoms with Crippen molar-refractivity contribution in [3.8, 4) is 0 Å². The standard InChI is InChI=1S/C21H15F5N2O/c1-28(19-11-6-13(22)12-17(19)21(24,25)26)15-9-7-14(8-10-15)27-20(29)16-4-2-3-5-18(16)23/h2-12H,1H3,(H,27,29). The first-order valence-corrected chi connectivity index (χ1v) is 8.43. The van der Waals surface area contributed by atoms with Crippen molar-refractivity contribution in [3.05, 3.63) is 89.5 Å². The van der Waals surface area contributed by atoms with E-state index < -0.39 is 29.3 Å². The third-order valence-corrected chi connectivity index (χ3v) is 4.26. The number of halogens is 5. The molecule has 0 unspecified atom stereocenters. The molecule has 0 radical (unpaired) electrons. The summed E-state index contributed by atoms with van der Waals surface area (Å²) in [6.07, 6.45) is -4.72. The molecule has 0 aliphatic heterocycles. The van der Waals surface area contributed by atoms with Crippen molar-refractivity contribution in [2.24, 2.45) is 0 Å². The van der Waals surface area contributed by atoms with E-state index in [1.165, 1.54) is 54.4 Å². The third-order valence-electron chi connectivity index (χ3n) is 4.26. The molecule has 0 aromatic heterocycles. The normalized spacial score (nSPS) is 11.2. The Morgan fingerprint density at radius 3 is 2.21 bits per heavy atom. The summed E-state index contributed by atoms with van der Waals surface area (Å²) in [7, 11) is 1.41. The van der Waals surface area contributed by atoms with Crippen molar-refractivity contribution < 1.29 is 26.7 Å². The Kier molecular flexibility index (Phi) is 5.54. The molecule has 0 heterocycles. The SMILES string of the molecule is CN(c1ccc(NC(=O)c2ccccc2F)cc1)c1ccc(F)cc1C(F)(F)F. The van der Waals surface area contributed by atoms with Crippen molar-refractivity contribution in [1.29, 1.82) is 0 Å². The van der Waals surface area contributed by atoms with Crippen LogP contribution in [0.15, 0.2) is 66.7 Å². The van der Waals surface area contributed by atoms with Crippen molar-refractivity contribution >= 4 is 23.0 Å². The van der Waals surface area contributed by atoms with Crippen LogP contribution in [0.25, 0.3) is 0 Å². The molecule has 0 atom stereocenters. The van der Waals surface area contributed by atoms with Crippen molar-refractivity contribution in [2.45, 2.75) is 6.18 Å². The van der Waals surface area contributed by atoms with E-state index >= 15 is 0 Å². The highest BCUT2D eigenvalue weighted by Gasteiger charge is 2.35. The minimum absolute atomic E-state index is 0.130. The first-order chi connectivity index (χ1) is 13.7. The number of rotatable bonds is 4.